The molecule has 0 aliphatic heterocycles. The first-order valence-electron chi connectivity index (χ1n) is 6.81. The summed E-state index contributed by atoms with van der Waals surface area (Å²) in [4.78, 5) is 0.175. The van der Waals surface area contributed by atoms with Crippen LogP contribution in [0.25, 0.3) is 0 Å². The number of benzene rings is 2. The third-order valence-electron chi connectivity index (χ3n) is 3.29. The Labute approximate surface area is 136 Å². The van der Waals surface area contributed by atoms with Gasteiger partial charge in [0.2, 0.25) is 10.0 Å². The predicted molar refractivity (Wildman–Crippen MR) is 88.1 cm³/mol. The number of aryl methyl sites for hydroxylation is 1. The third kappa shape index (κ3) is 4.22. The molecule has 0 aromatic heterocycles. The molecule has 1 N–H and O–H groups in total. The molecule has 0 heterocycles. The van der Waals surface area contributed by atoms with Crippen molar-refractivity contribution in [3.63, 3.8) is 0 Å². The van der Waals surface area contributed by atoms with Crippen molar-refractivity contribution in [1.29, 1.82) is 0 Å². The number of rotatable bonds is 6. The number of halogens is 1. The Bertz CT molecular complexity index is 760. The molecule has 6 heteroatoms. The van der Waals surface area contributed by atoms with Gasteiger partial charge in [-0.15, -0.1) is 0 Å². The molecule has 0 aliphatic rings. The highest BCUT2D eigenvalue weighted by Gasteiger charge is 2.14. The minimum Gasteiger partial charge on any atom is -0.497 e. The van der Waals surface area contributed by atoms with Crippen LogP contribution in [0.1, 0.15) is 11.1 Å². The Balaban J connectivity index is 2.01. The van der Waals surface area contributed by atoms with Crippen LogP contribution in [0.2, 0.25) is 5.02 Å². The van der Waals surface area contributed by atoms with E-state index in [4.69, 9.17) is 16.3 Å². The molecule has 0 bridgehead atoms. The zero-order chi connectivity index (χ0) is 16.2. The molecule has 0 fully saturated rings. The standard InChI is InChI=1S/C16H18ClNO3S/c1-12-6-7-15(11-16(12)17)22(19,20)18-9-8-13-4-3-5-14(10-13)21-2/h3-7,10-11,18H,8-9H2,1-2H3. The van der Waals surface area contributed by atoms with E-state index < -0.39 is 10.0 Å². The maximum atomic E-state index is 12.2. The van der Waals surface area contributed by atoms with Crippen molar-refractivity contribution in [2.24, 2.45) is 0 Å². The zero-order valence-electron chi connectivity index (χ0n) is 12.5. The largest absolute Gasteiger partial charge is 0.497 e. The average Bonchev–Trinajstić information content (AvgIpc) is 2.50. The van der Waals surface area contributed by atoms with Gasteiger partial charge in [-0.25, -0.2) is 13.1 Å². The van der Waals surface area contributed by atoms with Crippen molar-refractivity contribution in [1.82, 2.24) is 4.72 Å². The predicted octanol–water partition coefficient (Wildman–Crippen LogP) is 3.18. The molecular formula is C16H18ClNO3S. The highest BCUT2D eigenvalue weighted by atomic mass is 35.5. The van der Waals surface area contributed by atoms with Gasteiger partial charge in [0, 0.05) is 11.6 Å². The summed E-state index contributed by atoms with van der Waals surface area (Å²) in [6.07, 6.45) is 0.579. The molecule has 0 radical (unpaired) electrons. The first-order valence-corrected chi connectivity index (χ1v) is 8.67. The van der Waals surface area contributed by atoms with Gasteiger partial charge in [-0.2, -0.15) is 0 Å². The summed E-state index contributed by atoms with van der Waals surface area (Å²) in [7, 11) is -1.95. The molecule has 0 spiro atoms. The van der Waals surface area contributed by atoms with Gasteiger partial charge in [0.1, 0.15) is 5.75 Å². The van der Waals surface area contributed by atoms with Gasteiger partial charge in [-0.1, -0.05) is 29.8 Å². The molecule has 0 aliphatic carbocycles. The van der Waals surface area contributed by atoms with Gasteiger partial charge in [0.25, 0.3) is 0 Å². The van der Waals surface area contributed by atoms with Gasteiger partial charge in [-0.3, -0.25) is 0 Å². The van der Waals surface area contributed by atoms with Crippen LogP contribution in [0.5, 0.6) is 5.75 Å². The van der Waals surface area contributed by atoms with Crippen molar-refractivity contribution in [3.05, 3.63) is 58.6 Å². The second-order valence-electron chi connectivity index (χ2n) is 4.91. The highest BCUT2D eigenvalue weighted by Crippen LogP contribution is 2.20. The molecule has 0 saturated carbocycles. The van der Waals surface area contributed by atoms with Gasteiger partial charge >= 0.3 is 0 Å². The van der Waals surface area contributed by atoms with E-state index in [1.807, 2.05) is 31.2 Å². The highest BCUT2D eigenvalue weighted by molar-refractivity contribution is 7.89. The average molecular weight is 340 g/mol. The summed E-state index contributed by atoms with van der Waals surface area (Å²) < 4.78 is 32.2. The second kappa shape index (κ2) is 7.13. The van der Waals surface area contributed by atoms with E-state index >= 15 is 0 Å². The molecule has 0 atom stereocenters. The summed E-state index contributed by atoms with van der Waals surface area (Å²) in [6.45, 7) is 2.13. The van der Waals surface area contributed by atoms with Crippen molar-refractivity contribution in [3.8, 4) is 5.75 Å². The smallest absolute Gasteiger partial charge is 0.240 e. The van der Waals surface area contributed by atoms with Crippen LogP contribution in [-0.2, 0) is 16.4 Å². The quantitative estimate of drug-likeness (QED) is 0.879. The number of ether oxygens (including phenoxy) is 1. The van der Waals surface area contributed by atoms with Crippen LogP contribution >= 0.6 is 11.6 Å². The molecule has 0 saturated heterocycles. The first kappa shape index (κ1) is 16.8. The normalized spacial score (nSPS) is 11.4. The van der Waals surface area contributed by atoms with E-state index in [2.05, 4.69) is 4.72 Å². The summed E-state index contributed by atoms with van der Waals surface area (Å²) in [6, 6.07) is 12.2. The van der Waals surface area contributed by atoms with E-state index in [1.165, 1.54) is 6.07 Å². The molecule has 22 heavy (non-hydrogen) atoms. The fourth-order valence-electron chi connectivity index (χ4n) is 1.98. The Morgan fingerprint density at radius 2 is 1.95 bits per heavy atom. The minimum atomic E-state index is -3.55. The molecule has 0 amide bonds. The third-order valence-corrected chi connectivity index (χ3v) is 5.16. The molecule has 118 valence electrons. The number of methoxy groups -OCH3 is 1. The lowest BCUT2D eigenvalue weighted by molar-refractivity contribution is 0.414. The Hall–Kier alpha value is -1.56. The van der Waals surface area contributed by atoms with Gasteiger partial charge in [-0.05, 0) is 48.7 Å². The van der Waals surface area contributed by atoms with Crippen LogP contribution in [0.3, 0.4) is 0 Å². The fourth-order valence-corrected chi connectivity index (χ4v) is 3.28. The SMILES string of the molecule is COc1cccc(CCNS(=O)(=O)c2ccc(C)c(Cl)c2)c1. The first-order chi connectivity index (χ1) is 10.4. The lowest BCUT2D eigenvalue weighted by Crippen LogP contribution is -2.26. The lowest BCUT2D eigenvalue weighted by Gasteiger charge is -2.09. The van der Waals surface area contributed by atoms with Crippen LogP contribution in [0, 0.1) is 6.92 Å². The number of nitrogens with one attached hydrogen (secondary N) is 1. The summed E-state index contributed by atoms with van der Waals surface area (Å²) in [5.74, 6) is 0.755. The van der Waals surface area contributed by atoms with E-state index in [9.17, 15) is 8.42 Å². The molecule has 2 aromatic rings. The lowest BCUT2D eigenvalue weighted by atomic mass is 10.1. The number of sulfonamides is 1. The maximum Gasteiger partial charge on any atom is 0.240 e. The van der Waals surface area contributed by atoms with Crippen LogP contribution < -0.4 is 9.46 Å². The summed E-state index contributed by atoms with van der Waals surface area (Å²) in [5, 5.41) is 0.440. The maximum absolute atomic E-state index is 12.2. The topological polar surface area (TPSA) is 55.4 Å². The van der Waals surface area contributed by atoms with E-state index in [0.717, 1.165) is 16.9 Å². The zero-order valence-corrected chi connectivity index (χ0v) is 14.0. The van der Waals surface area contributed by atoms with Crippen molar-refractivity contribution in [2.75, 3.05) is 13.7 Å². The molecule has 4 nitrogen and oxygen atoms in total. The second-order valence-corrected chi connectivity index (χ2v) is 7.08. The van der Waals surface area contributed by atoms with Gasteiger partial charge < -0.3 is 4.74 Å². The minimum absolute atomic E-state index is 0.175. The van der Waals surface area contributed by atoms with Gasteiger partial charge in [0.05, 0.1) is 12.0 Å². The summed E-state index contributed by atoms with van der Waals surface area (Å²) >= 11 is 5.98. The molecule has 0 unspecified atom stereocenters. The van der Waals surface area contributed by atoms with Crippen LogP contribution in [0.4, 0.5) is 0 Å². The van der Waals surface area contributed by atoms with E-state index in [0.29, 0.717) is 18.0 Å². The summed E-state index contributed by atoms with van der Waals surface area (Å²) in [5.41, 5.74) is 1.85. The fraction of sp³-hybridized carbons (Fsp3) is 0.250. The van der Waals surface area contributed by atoms with Crippen molar-refractivity contribution < 1.29 is 13.2 Å². The molecule has 2 aromatic carbocycles. The number of hydrogen-bond donors (Lipinski definition) is 1. The van der Waals surface area contributed by atoms with Crippen molar-refractivity contribution >= 4 is 21.6 Å². The Kier molecular flexibility index (Phi) is 5.45. The van der Waals surface area contributed by atoms with Crippen LogP contribution in [-0.4, -0.2) is 22.1 Å². The molecule has 2 rings (SSSR count). The van der Waals surface area contributed by atoms with E-state index in [1.54, 1.807) is 19.2 Å². The van der Waals surface area contributed by atoms with E-state index in [-0.39, 0.29) is 4.90 Å². The molecular weight excluding hydrogens is 322 g/mol. The Morgan fingerprint density at radius 1 is 1.18 bits per heavy atom. The van der Waals surface area contributed by atoms with Crippen LogP contribution in [0.15, 0.2) is 47.4 Å². The van der Waals surface area contributed by atoms with Gasteiger partial charge in [0.15, 0.2) is 0 Å². The number of hydrogen-bond acceptors (Lipinski definition) is 3. The van der Waals surface area contributed by atoms with Crippen molar-refractivity contribution in [2.45, 2.75) is 18.2 Å². The Morgan fingerprint density at radius 3 is 2.64 bits per heavy atom. The monoisotopic (exact) mass is 339 g/mol.